The highest BCUT2D eigenvalue weighted by Gasteiger charge is 2.42. The van der Waals surface area contributed by atoms with Gasteiger partial charge in [-0.15, -0.1) is 0 Å². The van der Waals surface area contributed by atoms with Crippen LogP contribution in [0.15, 0.2) is 0 Å². The molecule has 0 bridgehead atoms. The molecule has 0 spiro atoms. The molecule has 1 fully saturated rings. The Labute approximate surface area is 115 Å². The molecule has 1 unspecified atom stereocenters. The third-order valence-corrected chi connectivity index (χ3v) is 2.60. The average Bonchev–Trinajstić information content (AvgIpc) is 2.64. The van der Waals surface area contributed by atoms with E-state index in [2.05, 4.69) is 0 Å². The van der Waals surface area contributed by atoms with E-state index in [9.17, 15) is 19.5 Å². The van der Waals surface area contributed by atoms with Crippen molar-refractivity contribution in [3.05, 3.63) is 0 Å². The second-order valence-electron chi connectivity index (χ2n) is 4.40. The van der Waals surface area contributed by atoms with Crippen molar-refractivity contribution in [3.63, 3.8) is 0 Å². The van der Waals surface area contributed by atoms with Crippen molar-refractivity contribution in [3.8, 4) is 0 Å². The van der Waals surface area contributed by atoms with Gasteiger partial charge < -0.3 is 24.1 Å². The number of esters is 3. The molecule has 8 heteroatoms. The van der Waals surface area contributed by atoms with Gasteiger partial charge in [-0.25, -0.2) is 0 Å². The molecule has 1 saturated heterocycles. The summed E-state index contributed by atoms with van der Waals surface area (Å²) in [5, 5.41) is 9.62. The van der Waals surface area contributed by atoms with Gasteiger partial charge in [0.25, 0.3) is 0 Å². The van der Waals surface area contributed by atoms with Crippen LogP contribution in [-0.4, -0.2) is 54.2 Å². The number of aliphatic hydroxyl groups excluding tert-OH is 1. The van der Waals surface area contributed by atoms with E-state index in [1.54, 1.807) is 0 Å². The van der Waals surface area contributed by atoms with Crippen LogP contribution in [0, 0.1) is 0 Å². The summed E-state index contributed by atoms with van der Waals surface area (Å²) in [4.78, 5) is 32.7. The lowest BCUT2D eigenvalue weighted by Gasteiger charge is -2.21. The van der Waals surface area contributed by atoms with Gasteiger partial charge in [-0.05, 0) is 0 Å². The highest BCUT2D eigenvalue weighted by Crippen LogP contribution is 2.26. The third kappa shape index (κ3) is 5.14. The first kappa shape index (κ1) is 16.4. The molecule has 0 aromatic carbocycles. The molecular formula is C12H18O8. The van der Waals surface area contributed by atoms with Crippen molar-refractivity contribution in [1.29, 1.82) is 0 Å². The Morgan fingerprint density at radius 1 is 1.20 bits per heavy atom. The zero-order valence-electron chi connectivity index (χ0n) is 11.5. The maximum atomic E-state index is 11.0. The monoisotopic (exact) mass is 290 g/mol. The number of hydrogen-bond donors (Lipinski definition) is 1. The number of carbonyl (C=O) groups excluding carboxylic acids is 3. The molecule has 1 aliphatic rings. The normalized spacial score (nSPS) is 26.7. The van der Waals surface area contributed by atoms with Crippen molar-refractivity contribution >= 4 is 17.9 Å². The lowest BCUT2D eigenvalue weighted by Crippen LogP contribution is -2.35. The van der Waals surface area contributed by atoms with Crippen molar-refractivity contribution in [2.45, 2.75) is 51.8 Å². The summed E-state index contributed by atoms with van der Waals surface area (Å²) in [6.07, 6.45) is -3.60. The summed E-state index contributed by atoms with van der Waals surface area (Å²) in [7, 11) is 0. The van der Waals surface area contributed by atoms with Crippen LogP contribution >= 0.6 is 0 Å². The largest absolute Gasteiger partial charge is 0.462 e. The molecule has 0 saturated carbocycles. The molecular weight excluding hydrogens is 272 g/mol. The minimum absolute atomic E-state index is 0.139. The minimum Gasteiger partial charge on any atom is -0.462 e. The van der Waals surface area contributed by atoms with E-state index >= 15 is 0 Å². The number of carbonyl (C=O) groups is 3. The number of aliphatic hydroxyl groups is 1. The van der Waals surface area contributed by atoms with Gasteiger partial charge in [0.15, 0.2) is 18.5 Å². The molecule has 0 aromatic heterocycles. The third-order valence-electron chi connectivity index (χ3n) is 2.60. The molecule has 1 N–H and O–H groups in total. The second-order valence-corrected chi connectivity index (χ2v) is 4.40. The minimum atomic E-state index is -1.31. The highest BCUT2D eigenvalue weighted by atomic mass is 16.7. The van der Waals surface area contributed by atoms with E-state index in [1.807, 2.05) is 0 Å². The van der Waals surface area contributed by atoms with Gasteiger partial charge in [-0.3, -0.25) is 14.4 Å². The van der Waals surface area contributed by atoms with Gasteiger partial charge >= 0.3 is 17.9 Å². The van der Waals surface area contributed by atoms with E-state index in [1.165, 1.54) is 20.8 Å². The molecule has 1 heterocycles. The summed E-state index contributed by atoms with van der Waals surface area (Å²) < 4.78 is 19.8. The van der Waals surface area contributed by atoms with Crippen molar-refractivity contribution in [2.75, 3.05) is 6.61 Å². The van der Waals surface area contributed by atoms with Crippen LogP contribution in [0.1, 0.15) is 27.2 Å². The standard InChI is InChI=1S/C12H18O8/c1-6(13)17-5-11(19-8(3)15)9-4-10(12(16)20-9)18-7(2)14/h9-12,16H,4-5H2,1-3H3/t9-,10-,11-,12?/m1/s1. The molecule has 8 nitrogen and oxygen atoms in total. The smallest absolute Gasteiger partial charge is 0.303 e. The van der Waals surface area contributed by atoms with E-state index in [-0.39, 0.29) is 13.0 Å². The molecule has 0 radical (unpaired) electrons. The van der Waals surface area contributed by atoms with Crippen LogP contribution in [-0.2, 0) is 33.3 Å². The van der Waals surface area contributed by atoms with Gasteiger partial charge in [0.05, 0.1) is 0 Å². The molecule has 114 valence electrons. The molecule has 20 heavy (non-hydrogen) atoms. The van der Waals surface area contributed by atoms with Crippen LogP contribution < -0.4 is 0 Å². The predicted octanol–water partition coefficient (Wildman–Crippen LogP) is -0.480. The molecule has 4 atom stereocenters. The Morgan fingerprint density at radius 3 is 2.35 bits per heavy atom. The second kappa shape index (κ2) is 7.20. The maximum absolute atomic E-state index is 11.0. The van der Waals surface area contributed by atoms with Crippen LogP contribution in [0.4, 0.5) is 0 Å². The molecule has 0 amide bonds. The van der Waals surface area contributed by atoms with Gasteiger partial charge in [0, 0.05) is 27.2 Å². The predicted molar refractivity (Wildman–Crippen MR) is 63.2 cm³/mol. The van der Waals surface area contributed by atoms with Gasteiger partial charge in [-0.2, -0.15) is 0 Å². The summed E-state index contributed by atoms with van der Waals surface area (Å²) in [5.41, 5.74) is 0. The van der Waals surface area contributed by atoms with E-state index < -0.39 is 42.5 Å². The van der Waals surface area contributed by atoms with E-state index in [0.717, 1.165) is 0 Å². The van der Waals surface area contributed by atoms with Crippen LogP contribution in [0.5, 0.6) is 0 Å². The number of rotatable bonds is 5. The fourth-order valence-corrected chi connectivity index (χ4v) is 1.86. The van der Waals surface area contributed by atoms with Crippen molar-refractivity contribution in [2.24, 2.45) is 0 Å². The highest BCUT2D eigenvalue weighted by molar-refractivity contribution is 5.67. The lowest BCUT2D eigenvalue weighted by atomic mass is 10.1. The fourth-order valence-electron chi connectivity index (χ4n) is 1.86. The van der Waals surface area contributed by atoms with Gasteiger partial charge in [-0.1, -0.05) is 0 Å². The number of hydrogen-bond acceptors (Lipinski definition) is 8. The Hall–Kier alpha value is -1.67. The molecule has 1 aliphatic heterocycles. The maximum Gasteiger partial charge on any atom is 0.303 e. The molecule has 0 aromatic rings. The first-order valence-corrected chi connectivity index (χ1v) is 6.11. The average molecular weight is 290 g/mol. The summed E-state index contributed by atoms with van der Waals surface area (Å²) in [5.74, 6) is -1.66. The summed E-state index contributed by atoms with van der Waals surface area (Å²) in [6.45, 7) is 3.44. The van der Waals surface area contributed by atoms with Crippen LogP contribution in [0.25, 0.3) is 0 Å². The van der Waals surface area contributed by atoms with Gasteiger partial charge in [0.1, 0.15) is 12.7 Å². The quantitative estimate of drug-likeness (QED) is 0.534. The van der Waals surface area contributed by atoms with Crippen molar-refractivity contribution < 1.29 is 38.4 Å². The van der Waals surface area contributed by atoms with E-state index in [4.69, 9.17) is 18.9 Å². The lowest BCUT2D eigenvalue weighted by molar-refractivity contribution is -0.183. The van der Waals surface area contributed by atoms with Gasteiger partial charge in [0.2, 0.25) is 0 Å². The Kier molecular flexibility index (Phi) is 5.90. The number of ether oxygens (including phenoxy) is 4. The summed E-state index contributed by atoms with van der Waals surface area (Å²) in [6, 6.07) is 0. The zero-order chi connectivity index (χ0) is 15.3. The molecule has 1 rings (SSSR count). The Morgan fingerprint density at radius 2 is 1.85 bits per heavy atom. The van der Waals surface area contributed by atoms with Crippen LogP contribution in [0.3, 0.4) is 0 Å². The van der Waals surface area contributed by atoms with E-state index in [0.29, 0.717) is 0 Å². The Bertz CT molecular complexity index is 380. The SMILES string of the molecule is CC(=O)OC[C@@H](OC(C)=O)[C@H]1C[C@@H](OC(C)=O)C(O)O1. The van der Waals surface area contributed by atoms with Crippen LogP contribution in [0.2, 0.25) is 0 Å². The van der Waals surface area contributed by atoms with Crippen molar-refractivity contribution in [1.82, 2.24) is 0 Å². The topological polar surface area (TPSA) is 108 Å². The zero-order valence-corrected chi connectivity index (χ0v) is 11.5. The first-order chi connectivity index (χ1) is 9.29. The Balaban J connectivity index is 2.64. The molecule has 0 aliphatic carbocycles. The summed E-state index contributed by atoms with van der Waals surface area (Å²) >= 11 is 0. The first-order valence-electron chi connectivity index (χ1n) is 6.11. The fraction of sp³-hybridized carbons (Fsp3) is 0.750.